The number of aromatic nitrogens is 2. The molecule has 142 valence electrons. The molecule has 0 spiro atoms. The van der Waals surface area contributed by atoms with E-state index in [0.717, 1.165) is 12.8 Å². The monoisotopic (exact) mass is 384 g/mol. The van der Waals surface area contributed by atoms with Crippen LogP contribution in [0, 0.1) is 0 Å². The summed E-state index contributed by atoms with van der Waals surface area (Å²) in [6.45, 7) is 0.686. The molecular weight excluding hydrogens is 360 g/mol. The zero-order valence-corrected chi connectivity index (χ0v) is 16.1. The van der Waals surface area contributed by atoms with Gasteiger partial charge in [-0.15, -0.1) is 10.2 Å². The summed E-state index contributed by atoms with van der Waals surface area (Å²) >= 11 is 1.23. The molecule has 1 aliphatic carbocycles. The van der Waals surface area contributed by atoms with Gasteiger partial charge in [-0.25, -0.2) is 0 Å². The number of hydrogen-bond acceptors (Lipinski definition) is 5. The van der Waals surface area contributed by atoms with E-state index in [0.29, 0.717) is 35.1 Å². The highest BCUT2D eigenvalue weighted by Crippen LogP contribution is 2.19. The number of rotatable bonds is 8. The van der Waals surface area contributed by atoms with Crippen LogP contribution in [-0.2, 0) is 11.2 Å². The maximum Gasteiger partial charge on any atom is 0.286 e. The van der Waals surface area contributed by atoms with E-state index < -0.39 is 0 Å². The number of para-hydroxylation sites is 1. The normalized spacial score (nSPS) is 13.7. The first-order chi connectivity index (χ1) is 13.2. The van der Waals surface area contributed by atoms with Gasteiger partial charge >= 0.3 is 0 Å². The van der Waals surface area contributed by atoms with E-state index in [1.807, 2.05) is 30.3 Å². The van der Waals surface area contributed by atoms with Crippen LogP contribution in [0.15, 0.2) is 42.0 Å². The first-order valence-electron chi connectivity index (χ1n) is 9.34. The van der Waals surface area contributed by atoms with Crippen molar-refractivity contribution in [2.24, 2.45) is 0 Å². The molecule has 1 aromatic heterocycles. The van der Waals surface area contributed by atoms with Crippen molar-refractivity contribution in [2.75, 3.05) is 11.9 Å². The molecule has 1 aromatic carbocycles. The van der Waals surface area contributed by atoms with E-state index in [4.69, 9.17) is 0 Å². The smallest absolute Gasteiger partial charge is 0.286 e. The van der Waals surface area contributed by atoms with Crippen molar-refractivity contribution in [3.8, 4) is 0 Å². The molecule has 6 nitrogen and oxygen atoms in total. The van der Waals surface area contributed by atoms with Crippen LogP contribution in [-0.4, -0.2) is 28.6 Å². The summed E-state index contributed by atoms with van der Waals surface area (Å²) in [4.78, 5) is 24.2. The van der Waals surface area contributed by atoms with E-state index in [1.165, 1.54) is 36.2 Å². The fourth-order valence-corrected chi connectivity index (χ4v) is 3.69. The first-order valence-corrected chi connectivity index (χ1v) is 10.2. The molecule has 2 amide bonds. The average Bonchev–Trinajstić information content (AvgIpc) is 3.17. The second-order valence-electron chi connectivity index (χ2n) is 6.53. The van der Waals surface area contributed by atoms with Crippen LogP contribution in [0.3, 0.4) is 0 Å². The van der Waals surface area contributed by atoms with Crippen LogP contribution in [0.25, 0.3) is 0 Å². The second kappa shape index (κ2) is 9.97. The summed E-state index contributed by atoms with van der Waals surface area (Å²) in [7, 11) is 0. The molecule has 2 N–H and O–H groups in total. The Hall–Kier alpha value is -2.54. The van der Waals surface area contributed by atoms with E-state index in [9.17, 15) is 9.59 Å². The Kier molecular flexibility index (Phi) is 7.10. The fourth-order valence-electron chi connectivity index (χ4n) is 2.96. The molecule has 0 saturated heterocycles. The molecule has 1 aliphatic rings. The van der Waals surface area contributed by atoms with Crippen molar-refractivity contribution in [2.45, 2.75) is 44.9 Å². The van der Waals surface area contributed by atoms with Gasteiger partial charge in [0.1, 0.15) is 5.01 Å². The molecule has 0 aliphatic heterocycles. The van der Waals surface area contributed by atoms with Gasteiger partial charge in [0.15, 0.2) is 0 Å². The van der Waals surface area contributed by atoms with Gasteiger partial charge in [0, 0.05) is 25.1 Å². The Bertz CT molecular complexity index is 801. The number of aryl methyl sites for hydroxylation is 1. The minimum absolute atomic E-state index is 0.0110. The van der Waals surface area contributed by atoms with Crippen LogP contribution >= 0.6 is 11.3 Å². The van der Waals surface area contributed by atoms with Gasteiger partial charge in [-0.3, -0.25) is 9.59 Å². The fraction of sp³-hybridized carbons (Fsp3) is 0.400. The average molecular weight is 385 g/mol. The minimum atomic E-state index is -0.282. The van der Waals surface area contributed by atoms with Gasteiger partial charge in [-0.1, -0.05) is 41.2 Å². The number of hydrogen-bond donors (Lipinski definition) is 2. The van der Waals surface area contributed by atoms with Crippen LogP contribution in [0.4, 0.5) is 5.69 Å². The Balaban J connectivity index is 1.39. The quantitative estimate of drug-likeness (QED) is 0.679. The maximum absolute atomic E-state index is 12.2. The van der Waals surface area contributed by atoms with Crippen molar-refractivity contribution in [1.82, 2.24) is 15.5 Å². The lowest BCUT2D eigenvalue weighted by atomic mass is 9.97. The van der Waals surface area contributed by atoms with Gasteiger partial charge in [-0.2, -0.15) is 0 Å². The molecule has 0 radical (unpaired) electrons. The van der Waals surface area contributed by atoms with Crippen molar-refractivity contribution in [1.29, 1.82) is 0 Å². The van der Waals surface area contributed by atoms with Crippen LogP contribution < -0.4 is 10.6 Å². The van der Waals surface area contributed by atoms with E-state index in [2.05, 4.69) is 26.9 Å². The molecule has 7 heteroatoms. The molecule has 0 saturated carbocycles. The second-order valence-corrected chi connectivity index (χ2v) is 7.59. The predicted octanol–water partition coefficient (Wildman–Crippen LogP) is 3.73. The molecule has 0 fully saturated rings. The summed E-state index contributed by atoms with van der Waals surface area (Å²) < 4.78 is 0. The summed E-state index contributed by atoms with van der Waals surface area (Å²) in [6.07, 6.45) is 8.96. The third kappa shape index (κ3) is 6.29. The lowest BCUT2D eigenvalue weighted by Crippen LogP contribution is -2.25. The van der Waals surface area contributed by atoms with Crippen LogP contribution in [0.1, 0.15) is 53.3 Å². The van der Waals surface area contributed by atoms with Gasteiger partial charge in [0.25, 0.3) is 5.91 Å². The molecular formula is C20H24N4O2S. The summed E-state index contributed by atoms with van der Waals surface area (Å²) in [5.41, 5.74) is 2.17. The van der Waals surface area contributed by atoms with Gasteiger partial charge in [0.05, 0.1) is 0 Å². The molecule has 0 unspecified atom stereocenters. The van der Waals surface area contributed by atoms with Crippen LogP contribution in [0.5, 0.6) is 0 Å². The predicted molar refractivity (Wildman–Crippen MR) is 107 cm³/mol. The summed E-state index contributed by atoms with van der Waals surface area (Å²) in [5.74, 6) is -0.271. The number of amides is 2. The van der Waals surface area contributed by atoms with E-state index in [1.54, 1.807) is 0 Å². The standard InChI is InChI=1S/C20H24N4O2S/c25-17(21-14-13-15-7-3-1-4-8-15)11-12-18-23-24-20(27-18)19(26)22-16-9-5-2-6-10-16/h2,5-7,9-10H,1,3-4,8,11-14H2,(H,21,25)(H,22,26). The van der Waals surface area contributed by atoms with Gasteiger partial charge in [-0.05, 0) is 44.2 Å². The number of allylic oxidation sites excluding steroid dienone is 1. The van der Waals surface area contributed by atoms with Gasteiger partial charge < -0.3 is 10.6 Å². The highest BCUT2D eigenvalue weighted by atomic mass is 32.1. The third-order valence-corrected chi connectivity index (χ3v) is 5.39. The Morgan fingerprint density at radius 1 is 1.07 bits per heavy atom. The lowest BCUT2D eigenvalue weighted by molar-refractivity contribution is -0.121. The molecule has 1 heterocycles. The number of nitrogens with zero attached hydrogens (tertiary/aromatic N) is 2. The summed E-state index contributed by atoms with van der Waals surface area (Å²) in [5, 5.41) is 14.7. The zero-order valence-electron chi connectivity index (χ0n) is 15.2. The number of carbonyl (C=O) groups is 2. The van der Waals surface area contributed by atoms with E-state index >= 15 is 0 Å². The van der Waals surface area contributed by atoms with Crippen molar-refractivity contribution in [3.05, 3.63) is 52.0 Å². The number of nitrogens with one attached hydrogen (secondary N) is 2. The molecule has 0 atom stereocenters. The Morgan fingerprint density at radius 3 is 2.70 bits per heavy atom. The third-order valence-electron chi connectivity index (χ3n) is 4.41. The highest BCUT2D eigenvalue weighted by Gasteiger charge is 2.14. The minimum Gasteiger partial charge on any atom is -0.356 e. The lowest BCUT2D eigenvalue weighted by Gasteiger charge is -2.12. The maximum atomic E-state index is 12.2. The molecule has 3 rings (SSSR count). The number of carbonyl (C=O) groups excluding carboxylic acids is 2. The Labute approximate surface area is 163 Å². The SMILES string of the molecule is O=C(CCc1nnc(C(=O)Nc2ccccc2)s1)NCCC1=CCCCC1. The number of benzene rings is 1. The van der Waals surface area contributed by atoms with Gasteiger partial charge in [0.2, 0.25) is 10.9 Å². The zero-order chi connectivity index (χ0) is 18.9. The molecule has 27 heavy (non-hydrogen) atoms. The Morgan fingerprint density at radius 2 is 1.93 bits per heavy atom. The van der Waals surface area contributed by atoms with Crippen molar-refractivity contribution in [3.63, 3.8) is 0 Å². The first kappa shape index (κ1) is 19.2. The highest BCUT2D eigenvalue weighted by molar-refractivity contribution is 7.13. The van der Waals surface area contributed by atoms with Crippen molar-refractivity contribution >= 4 is 28.8 Å². The topological polar surface area (TPSA) is 84.0 Å². The van der Waals surface area contributed by atoms with Crippen LogP contribution in [0.2, 0.25) is 0 Å². The molecule has 0 bridgehead atoms. The largest absolute Gasteiger partial charge is 0.356 e. The van der Waals surface area contributed by atoms with E-state index in [-0.39, 0.29) is 11.8 Å². The number of anilines is 1. The van der Waals surface area contributed by atoms with Crippen molar-refractivity contribution < 1.29 is 9.59 Å². The molecule has 2 aromatic rings. The summed E-state index contributed by atoms with van der Waals surface area (Å²) in [6, 6.07) is 9.21.